The van der Waals surface area contributed by atoms with Crippen LogP contribution in [-0.4, -0.2) is 15.0 Å². The van der Waals surface area contributed by atoms with E-state index in [0.717, 1.165) is 22.2 Å². The van der Waals surface area contributed by atoms with Gasteiger partial charge in [0.2, 0.25) is 0 Å². The molecule has 4 nitrogen and oxygen atoms in total. The van der Waals surface area contributed by atoms with E-state index in [2.05, 4.69) is 15.0 Å². The number of pyridine rings is 1. The van der Waals surface area contributed by atoms with Crippen LogP contribution in [0, 0.1) is 0 Å². The van der Waals surface area contributed by atoms with Gasteiger partial charge >= 0.3 is 0 Å². The summed E-state index contributed by atoms with van der Waals surface area (Å²) in [5, 5.41) is 1.05. The monoisotopic (exact) mass is 236 g/mol. The Morgan fingerprint density at radius 1 is 0.944 bits per heavy atom. The van der Waals surface area contributed by atoms with Crippen LogP contribution in [0.4, 0.5) is 0 Å². The number of hydrogen-bond donors (Lipinski definition) is 1. The SMILES string of the molecule is NC(c1cnccn1)c1ccnc2ccccc12. The average molecular weight is 236 g/mol. The quantitative estimate of drug-likeness (QED) is 0.739. The maximum atomic E-state index is 6.25. The number of nitrogens with two attached hydrogens (primary N) is 1. The number of benzene rings is 1. The van der Waals surface area contributed by atoms with E-state index in [4.69, 9.17) is 5.73 Å². The van der Waals surface area contributed by atoms with Gasteiger partial charge in [0, 0.05) is 24.0 Å². The van der Waals surface area contributed by atoms with Gasteiger partial charge in [0.05, 0.1) is 23.4 Å². The van der Waals surface area contributed by atoms with Crippen LogP contribution in [0.3, 0.4) is 0 Å². The lowest BCUT2D eigenvalue weighted by Crippen LogP contribution is -2.14. The average Bonchev–Trinajstić information content (AvgIpc) is 2.47. The third-order valence-electron chi connectivity index (χ3n) is 2.92. The molecule has 88 valence electrons. The van der Waals surface area contributed by atoms with Crippen molar-refractivity contribution in [2.45, 2.75) is 6.04 Å². The zero-order valence-corrected chi connectivity index (χ0v) is 9.69. The summed E-state index contributed by atoms with van der Waals surface area (Å²) in [6.07, 6.45) is 6.76. The van der Waals surface area contributed by atoms with E-state index in [9.17, 15) is 0 Å². The number of nitrogens with zero attached hydrogens (tertiary/aromatic N) is 3. The van der Waals surface area contributed by atoms with Gasteiger partial charge in [-0.1, -0.05) is 18.2 Å². The van der Waals surface area contributed by atoms with E-state index in [-0.39, 0.29) is 6.04 Å². The van der Waals surface area contributed by atoms with E-state index in [0.29, 0.717) is 0 Å². The highest BCUT2D eigenvalue weighted by Crippen LogP contribution is 2.24. The Morgan fingerprint density at radius 3 is 2.67 bits per heavy atom. The molecule has 0 spiro atoms. The summed E-state index contributed by atoms with van der Waals surface area (Å²) in [4.78, 5) is 12.6. The van der Waals surface area contributed by atoms with Crippen molar-refractivity contribution in [3.63, 3.8) is 0 Å². The molecule has 2 aromatic heterocycles. The maximum absolute atomic E-state index is 6.25. The molecule has 4 heteroatoms. The second-order valence-electron chi connectivity index (χ2n) is 4.03. The Morgan fingerprint density at radius 2 is 1.83 bits per heavy atom. The molecule has 0 fully saturated rings. The molecule has 0 aliphatic carbocycles. The lowest BCUT2D eigenvalue weighted by atomic mass is 10.0. The fraction of sp³-hybridized carbons (Fsp3) is 0.0714. The largest absolute Gasteiger partial charge is 0.319 e. The normalized spacial score (nSPS) is 12.5. The van der Waals surface area contributed by atoms with Crippen molar-refractivity contribution in [2.75, 3.05) is 0 Å². The highest BCUT2D eigenvalue weighted by Gasteiger charge is 2.13. The summed E-state index contributed by atoms with van der Waals surface area (Å²) < 4.78 is 0. The predicted molar refractivity (Wildman–Crippen MR) is 69.8 cm³/mol. The van der Waals surface area contributed by atoms with Crippen molar-refractivity contribution < 1.29 is 0 Å². The van der Waals surface area contributed by atoms with Gasteiger partial charge in [-0.05, 0) is 17.7 Å². The van der Waals surface area contributed by atoms with Crippen molar-refractivity contribution in [1.82, 2.24) is 15.0 Å². The Hall–Kier alpha value is -2.33. The molecule has 0 bridgehead atoms. The van der Waals surface area contributed by atoms with E-state index in [1.807, 2.05) is 30.3 Å². The first-order valence-corrected chi connectivity index (χ1v) is 5.71. The molecule has 0 amide bonds. The van der Waals surface area contributed by atoms with Gasteiger partial charge < -0.3 is 5.73 Å². The summed E-state index contributed by atoms with van der Waals surface area (Å²) in [6.45, 7) is 0. The minimum absolute atomic E-state index is 0.286. The second-order valence-corrected chi connectivity index (χ2v) is 4.03. The van der Waals surface area contributed by atoms with Gasteiger partial charge in [-0.3, -0.25) is 15.0 Å². The summed E-state index contributed by atoms with van der Waals surface area (Å²) in [5.74, 6) is 0. The molecule has 2 N–H and O–H groups in total. The van der Waals surface area contributed by atoms with Gasteiger partial charge in [0.25, 0.3) is 0 Å². The Labute approximate surface area is 105 Å². The molecular weight excluding hydrogens is 224 g/mol. The van der Waals surface area contributed by atoms with Crippen molar-refractivity contribution in [3.05, 3.63) is 66.4 Å². The van der Waals surface area contributed by atoms with Crippen LogP contribution in [0.15, 0.2) is 55.1 Å². The first-order chi connectivity index (χ1) is 8.86. The molecule has 18 heavy (non-hydrogen) atoms. The Balaban J connectivity index is 2.15. The second kappa shape index (κ2) is 4.50. The van der Waals surface area contributed by atoms with Gasteiger partial charge in [-0.2, -0.15) is 0 Å². The van der Waals surface area contributed by atoms with Gasteiger partial charge in [-0.25, -0.2) is 0 Å². The molecule has 1 atom stereocenters. The minimum Gasteiger partial charge on any atom is -0.319 e. The molecule has 0 radical (unpaired) electrons. The molecule has 0 aliphatic heterocycles. The van der Waals surface area contributed by atoms with Crippen LogP contribution in [-0.2, 0) is 0 Å². The van der Waals surface area contributed by atoms with E-state index >= 15 is 0 Å². The van der Waals surface area contributed by atoms with Crippen LogP contribution in [0.2, 0.25) is 0 Å². The van der Waals surface area contributed by atoms with Crippen molar-refractivity contribution in [2.24, 2.45) is 5.73 Å². The predicted octanol–water partition coefficient (Wildman–Crippen LogP) is 2.07. The number of hydrogen-bond acceptors (Lipinski definition) is 4. The molecule has 2 heterocycles. The molecule has 3 rings (SSSR count). The van der Waals surface area contributed by atoms with Gasteiger partial charge in [0.15, 0.2) is 0 Å². The standard InChI is InChI=1S/C14H12N4/c15-14(13-9-16-7-8-18-13)11-5-6-17-12-4-2-1-3-10(11)12/h1-9,14H,15H2. The van der Waals surface area contributed by atoms with E-state index in [1.165, 1.54) is 0 Å². The van der Waals surface area contributed by atoms with Crippen molar-refractivity contribution >= 4 is 10.9 Å². The van der Waals surface area contributed by atoms with Crippen LogP contribution in [0.1, 0.15) is 17.3 Å². The number of aromatic nitrogens is 3. The molecular formula is C14H12N4. The third-order valence-corrected chi connectivity index (χ3v) is 2.92. The number of para-hydroxylation sites is 1. The third kappa shape index (κ3) is 1.83. The van der Waals surface area contributed by atoms with Crippen LogP contribution in [0.25, 0.3) is 10.9 Å². The summed E-state index contributed by atoms with van der Waals surface area (Å²) in [6, 6.07) is 9.59. The Bertz CT molecular complexity index is 661. The molecule has 1 unspecified atom stereocenters. The first-order valence-electron chi connectivity index (χ1n) is 5.71. The highest BCUT2D eigenvalue weighted by molar-refractivity contribution is 5.82. The van der Waals surface area contributed by atoms with Gasteiger partial charge in [-0.15, -0.1) is 0 Å². The number of fused-ring (bicyclic) bond motifs is 1. The summed E-state index contributed by atoms with van der Waals surface area (Å²) in [7, 11) is 0. The lowest BCUT2D eigenvalue weighted by Gasteiger charge is -2.13. The summed E-state index contributed by atoms with van der Waals surface area (Å²) >= 11 is 0. The maximum Gasteiger partial charge on any atom is 0.0799 e. The van der Waals surface area contributed by atoms with Crippen LogP contribution >= 0.6 is 0 Å². The zero-order chi connectivity index (χ0) is 12.4. The first kappa shape index (κ1) is 10.8. The fourth-order valence-electron chi connectivity index (χ4n) is 2.02. The molecule has 0 aliphatic rings. The molecule has 0 saturated carbocycles. The van der Waals surface area contributed by atoms with Gasteiger partial charge in [0.1, 0.15) is 0 Å². The number of rotatable bonds is 2. The Kier molecular flexibility index (Phi) is 2.70. The molecule has 3 aromatic rings. The van der Waals surface area contributed by atoms with Crippen LogP contribution in [0.5, 0.6) is 0 Å². The van der Waals surface area contributed by atoms with Crippen LogP contribution < -0.4 is 5.73 Å². The van der Waals surface area contributed by atoms with Crippen molar-refractivity contribution in [3.8, 4) is 0 Å². The van der Waals surface area contributed by atoms with Crippen molar-refractivity contribution in [1.29, 1.82) is 0 Å². The van der Waals surface area contributed by atoms with E-state index in [1.54, 1.807) is 24.8 Å². The zero-order valence-electron chi connectivity index (χ0n) is 9.69. The van der Waals surface area contributed by atoms with E-state index < -0.39 is 0 Å². The molecule has 0 saturated heterocycles. The molecule has 1 aromatic carbocycles. The lowest BCUT2D eigenvalue weighted by molar-refractivity contribution is 0.823. The summed E-state index contributed by atoms with van der Waals surface area (Å²) in [5.41, 5.74) is 8.96. The highest BCUT2D eigenvalue weighted by atomic mass is 14.8. The smallest absolute Gasteiger partial charge is 0.0799 e. The fourth-order valence-corrected chi connectivity index (χ4v) is 2.02. The minimum atomic E-state index is -0.286. The topological polar surface area (TPSA) is 64.7 Å².